The van der Waals surface area contributed by atoms with Gasteiger partial charge in [0.2, 0.25) is 0 Å². The van der Waals surface area contributed by atoms with Gasteiger partial charge in [-0.05, 0) is 48.6 Å². The Morgan fingerprint density at radius 3 is 2.50 bits per heavy atom. The van der Waals surface area contributed by atoms with E-state index in [1.807, 2.05) is 19.1 Å². The predicted molar refractivity (Wildman–Crippen MR) is 80.7 cm³/mol. The molecule has 0 aliphatic rings. The maximum Gasteiger partial charge on any atom is 0.433 e. The lowest BCUT2D eigenvalue weighted by Gasteiger charge is -2.13. The van der Waals surface area contributed by atoms with Gasteiger partial charge < -0.3 is 5.73 Å². The summed E-state index contributed by atoms with van der Waals surface area (Å²) in [5.41, 5.74) is 7.88. The van der Waals surface area contributed by atoms with Gasteiger partial charge in [0.25, 0.3) is 0 Å². The molecule has 0 aliphatic heterocycles. The summed E-state index contributed by atoms with van der Waals surface area (Å²) < 4.78 is 37.3. The van der Waals surface area contributed by atoms with E-state index < -0.39 is 11.9 Å². The fourth-order valence-corrected chi connectivity index (χ4v) is 2.24. The number of benzene rings is 1. The van der Waals surface area contributed by atoms with Crippen LogP contribution >= 0.6 is 11.6 Å². The second kappa shape index (κ2) is 6.67. The van der Waals surface area contributed by atoms with Crippen molar-refractivity contribution >= 4 is 11.6 Å². The SMILES string of the molecule is Cc1cc(C(N)CCc2ccc(C(F)(F)F)nc2)ccc1Cl. The van der Waals surface area contributed by atoms with Crippen LogP contribution in [0.25, 0.3) is 0 Å². The largest absolute Gasteiger partial charge is 0.433 e. The summed E-state index contributed by atoms with van der Waals surface area (Å²) in [6.07, 6.45) is -1.97. The molecule has 2 aromatic rings. The summed E-state index contributed by atoms with van der Waals surface area (Å²) >= 11 is 5.97. The van der Waals surface area contributed by atoms with Crippen LogP contribution in [0.2, 0.25) is 5.02 Å². The highest BCUT2D eigenvalue weighted by atomic mass is 35.5. The first-order valence-electron chi connectivity index (χ1n) is 6.81. The van der Waals surface area contributed by atoms with Gasteiger partial charge in [-0.2, -0.15) is 13.2 Å². The molecule has 0 bridgehead atoms. The molecular formula is C16H16ClF3N2. The van der Waals surface area contributed by atoms with Gasteiger partial charge in [-0.25, -0.2) is 0 Å². The number of hydrogen-bond acceptors (Lipinski definition) is 2. The summed E-state index contributed by atoms with van der Waals surface area (Å²) in [4.78, 5) is 3.44. The van der Waals surface area contributed by atoms with Gasteiger partial charge in [0, 0.05) is 17.3 Å². The average Bonchev–Trinajstić information content (AvgIpc) is 2.47. The summed E-state index contributed by atoms with van der Waals surface area (Å²) in [6.45, 7) is 1.90. The Labute approximate surface area is 132 Å². The molecule has 0 amide bonds. The van der Waals surface area contributed by atoms with Gasteiger partial charge in [0.15, 0.2) is 0 Å². The summed E-state index contributed by atoms with van der Waals surface area (Å²) in [5.74, 6) is 0. The van der Waals surface area contributed by atoms with E-state index in [0.29, 0.717) is 17.9 Å². The van der Waals surface area contributed by atoms with Crippen LogP contribution in [-0.4, -0.2) is 4.98 Å². The first-order chi connectivity index (χ1) is 10.3. The third kappa shape index (κ3) is 4.21. The predicted octanol–water partition coefficient (Wildman–Crippen LogP) is 4.69. The van der Waals surface area contributed by atoms with Gasteiger partial charge in [0.1, 0.15) is 5.69 Å². The van der Waals surface area contributed by atoms with Crippen LogP contribution in [0.1, 0.15) is 34.8 Å². The minimum absolute atomic E-state index is 0.196. The molecule has 1 heterocycles. The Morgan fingerprint density at radius 1 is 1.23 bits per heavy atom. The van der Waals surface area contributed by atoms with Gasteiger partial charge in [-0.15, -0.1) is 0 Å². The Kier molecular flexibility index (Phi) is 5.08. The zero-order chi connectivity index (χ0) is 16.3. The number of nitrogens with two attached hydrogens (primary N) is 1. The monoisotopic (exact) mass is 328 g/mol. The van der Waals surface area contributed by atoms with Crippen molar-refractivity contribution in [3.05, 3.63) is 63.9 Å². The molecule has 2 N–H and O–H groups in total. The lowest BCUT2D eigenvalue weighted by atomic mass is 9.99. The molecule has 0 fully saturated rings. The molecule has 0 spiro atoms. The molecule has 1 aromatic carbocycles. The molecule has 1 atom stereocenters. The number of aryl methyl sites for hydroxylation is 2. The molecule has 0 saturated carbocycles. The van der Waals surface area contributed by atoms with Crippen LogP contribution in [0.5, 0.6) is 0 Å². The number of nitrogens with zero attached hydrogens (tertiary/aromatic N) is 1. The van der Waals surface area contributed by atoms with E-state index in [1.165, 1.54) is 12.3 Å². The first-order valence-corrected chi connectivity index (χ1v) is 7.19. The maximum atomic E-state index is 12.4. The van der Waals surface area contributed by atoms with Crippen molar-refractivity contribution < 1.29 is 13.2 Å². The van der Waals surface area contributed by atoms with Gasteiger partial charge in [-0.1, -0.05) is 29.8 Å². The van der Waals surface area contributed by atoms with Crippen molar-refractivity contribution in [2.24, 2.45) is 5.73 Å². The quantitative estimate of drug-likeness (QED) is 0.884. The highest BCUT2D eigenvalue weighted by molar-refractivity contribution is 6.31. The lowest BCUT2D eigenvalue weighted by molar-refractivity contribution is -0.141. The molecule has 118 valence electrons. The van der Waals surface area contributed by atoms with E-state index in [2.05, 4.69) is 4.98 Å². The van der Waals surface area contributed by atoms with Crippen LogP contribution in [0, 0.1) is 6.92 Å². The highest BCUT2D eigenvalue weighted by Gasteiger charge is 2.31. The second-order valence-electron chi connectivity index (χ2n) is 5.20. The number of alkyl halides is 3. The molecule has 22 heavy (non-hydrogen) atoms. The summed E-state index contributed by atoms with van der Waals surface area (Å²) in [6, 6.07) is 7.83. The maximum absolute atomic E-state index is 12.4. The molecule has 6 heteroatoms. The smallest absolute Gasteiger partial charge is 0.324 e. The van der Waals surface area contributed by atoms with Crippen molar-refractivity contribution in [1.82, 2.24) is 4.98 Å². The Hall–Kier alpha value is -1.59. The molecular weight excluding hydrogens is 313 g/mol. The number of halogens is 4. The van der Waals surface area contributed by atoms with Crippen LogP contribution in [0.3, 0.4) is 0 Å². The molecule has 1 unspecified atom stereocenters. The molecule has 2 nitrogen and oxygen atoms in total. The third-order valence-electron chi connectivity index (χ3n) is 3.47. The Bertz CT molecular complexity index is 639. The molecule has 2 rings (SSSR count). The van der Waals surface area contributed by atoms with E-state index >= 15 is 0 Å². The molecule has 0 aliphatic carbocycles. The minimum Gasteiger partial charge on any atom is -0.324 e. The summed E-state index contributed by atoms with van der Waals surface area (Å²) in [5, 5.41) is 0.683. The average molecular weight is 329 g/mol. The highest BCUT2D eigenvalue weighted by Crippen LogP contribution is 2.27. The molecule has 0 radical (unpaired) electrons. The van der Waals surface area contributed by atoms with Crippen LogP contribution in [0.4, 0.5) is 13.2 Å². The Morgan fingerprint density at radius 2 is 1.95 bits per heavy atom. The van der Waals surface area contributed by atoms with Crippen molar-refractivity contribution in [1.29, 1.82) is 0 Å². The zero-order valence-corrected chi connectivity index (χ0v) is 12.7. The van der Waals surface area contributed by atoms with Gasteiger partial charge in [0.05, 0.1) is 0 Å². The van der Waals surface area contributed by atoms with Gasteiger partial charge in [-0.3, -0.25) is 4.98 Å². The fourth-order valence-electron chi connectivity index (χ4n) is 2.13. The fraction of sp³-hybridized carbons (Fsp3) is 0.312. The van der Waals surface area contributed by atoms with Crippen LogP contribution < -0.4 is 5.73 Å². The van der Waals surface area contributed by atoms with E-state index in [-0.39, 0.29) is 6.04 Å². The van der Waals surface area contributed by atoms with Crippen molar-refractivity contribution in [3.63, 3.8) is 0 Å². The standard InChI is InChI=1S/C16H16ClF3N2/c1-10-8-12(4-5-13(10)17)14(21)6-2-11-3-7-15(22-9-11)16(18,19)20/h3-5,7-9,14H,2,6,21H2,1H3. The van der Waals surface area contributed by atoms with E-state index in [4.69, 9.17) is 17.3 Å². The zero-order valence-electron chi connectivity index (χ0n) is 12.0. The van der Waals surface area contributed by atoms with Crippen LogP contribution in [0.15, 0.2) is 36.5 Å². The molecule has 0 saturated heterocycles. The number of pyridine rings is 1. The van der Waals surface area contributed by atoms with Crippen LogP contribution in [-0.2, 0) is 12.6 Å². The Balaban J connectivity index is 1.98. The second-order valence-corrected chi connectivity index (χ2v) is 5.61. The lowest BCUT2D eigenvalue weighted by Crippen LogP contribution is -2.12. The molecule has 1 aromatic heterocycles. The van der Waals surface area contributed by atoms with Gasteiger partial charge >= 0.3 is 6.18 Å². The minimum atomic E-state index is -4.41. The topological polar surface area (TPSA) is 38.9 Å². The van der Waals surface area contributed by atoms with E-state index in [1.54, 1.807) is 6.07 Å². The first kappa shape index (κ1) is 16.8. The third-order valence-corrected chi connectivity index (χ3v) is 3.89. The normalized spacial score (nSPS) is 13.2. The van der Waals surface area contributed by atoms with E-state index in [9.17, 15) is 13.2 Å². The number of hydrogen-bond donors (Lipinski definition) is 1. The summed E-state index contributed by atoms with van der Waals surface area (Å²) in [7, 11) is 0. The van der Waals surface area contributed by atoms with E-state index in [0.717, 1.165) is 22.8 Å². The van der Waals surface area contributed by atoms with Crippen molar-refractivity contribution in [2.75, 3.05) is 0 Å². The number of aromatic nitrogens is 1. The van der Waals surface area contributed by atoms with Crippen molar-refractivity contribution in [3.8, 4) is 0 Å². The van der Waals surface area contributed by atoms with Crippen molar-refractivity contribution in [2.45, 2.75) is 32.0 Å². The number of rotatable bonds is 4.